The van der Waals surface area contributed by atoms with Crippen molar-refractivity contribution >= 4 is 46.6 Å². The molecule has 0 fully saturated rings. The Hall–Kier alpha value is -2.57. The zero-order valence-electron chi connectivity index (χ0n) is 14.2. The summed E-state index contributed by atoms with van der Waals surface area (Å²) < 4.78 is 0. The van der Waals surface area contributed by atoms with Crippen LogP contribution >= 0.6 is 23.2 Å². The van der Waals surface area contributed by atoms with Crippen molar-refractivity contribution in [1.82, 2.24) is 10.6 Å². The minimum Gasteiger partial charge on any atom is -0.356 e. The molecule has 3 amide bonds. The minimum absolute atomic E-state index is 0.153. The Balaban J connectivity index is 1.55. The van der Waals surface area contributed by atoms with Crippen LogP contribution in [0.15, 0.2) is 42.5 Å². The van der Waals surface area contributed by atoms with E-state index in [9.17, 15) is 14.4 Å². The lowest BCUT2D eigenvalue weighted by molar-refractivity contribution is -0.125. The number of benzene rings is 2. The van der Waals surface area contributed by atoms with Crippen molar-refractivity contribution < 1.29 is 14.4 Å². The summed E-state index contributed by atoms with van der Waals surface area (Å²) >= 11 is 12.0. The highest BCUT2D eigenvalue weighted by Crippen LogP contribution is 2.21. The predicted molar refractivity (Wildman–Crippen MR) is 104 cm³/mol. The Morgan fingerprint density at radius 3 is 2.67 bits per heavy atom. The van der Waals surface area contributed by atoms with E-state index in [0.717, 1.165) is 5.56 Å². The number of para-hydroxylation sites is 1. The van der Waals surface area contributed by atoms with Crippen LogP contribution in [0.2, 0.25) is 10.0 Å². The third-order valence-corrected chi connectivity index (χ3v) is 4.76. The molecule has 0 radical (unpaired) electrons. The van der Waals surface area contributed by atoms with E-state index in [1.165, 1.54) is 0 Å². The summed E-state index contributed by atoms with van der Waals surface area (Å²) in [5, 5.41) is 9.08. The molecular weight excluding hydrogens is 389 g/mol. The molecule has 140 valence electrons. The lowest BCUT2D eigenvalue weighted by Gasteiger charge is -2.14. The van der Waals surface area contributed by atoms with E-state index in [0.29, 0.717) is 34.3 Å². The smallest absolute Gasteiger partial charge is 0.254 e. The number of hydrogen-bond donors (Lipinski definition) is 3. The number of halogens is 2. The van der Waals surface area contributed by atoms with Crippen molar-refractivity contribution in [3.63, 3.8) is 0 Å². The number of rotatable bonds is 5. The van der Waals surface area contributed by atoms with Crippen molar-refractivity contribution in [1.29, 1.82) is 0 Å². The summed E-state index contributed by atoms with van der Waals surface area (Å²) in [4.78, 5) is 36.7. The van der Waals surface area contributed by atoms with Crippen molar-refractivity contribution in [2.75, 3.05) is 11.9 Å². The van der Waals surface area contributed by atoms with Gasteiger partial charge in [0.2, 0.25) is 11.8 Å². The Kier molecular flexibility index (Phi) is 5.98. The lowest BCUT2D eigenvalue weighted by Crippen LogP contribution is -2.44. The number of carbonyl (C=O) groups is 3. The van der Waals surface area contributed by atoms with Gasteiger partial charge in [0, 0.05) is 16.6 Å². The molecule has 2 aromatic rings. The second-order valence-electron chi connectivity index (χ2n) is 6.10. The number of nitrogens with one attached hydrogen (secondary N) is 3. The Bertz CT molecular complexity index is 902. The van der Waals surface area contributed by atoms with Crippen LogP contribution < -0.4 is 16.0 Å². The zero-order chi connectivity index (χ0) is 19.4. The van der Waals surface area contributed by atoms with E-state index >= 15 is 0 Å². The molecule has 2 aromatic carbocycles. The van der Waals surface area contributed by atoms with Crippen LogP contribution in [0, 0.1) is 0 Å². The summed E-state index contributed by atoms with van der Waals surface area (Å²) in [5.41, 5.74) is 1.66. The van der Waals surface area contributed by atoms with Crippen LogP contribution in [0.25, 0.3) is 0 Å². The first-order valence-corrected chi connectivity index (χ1v) is 9.11. The van der Waals surface area contributed by atoms with E-state index in [2.05, 4.69) is 16.0 Å². The maximum Gasteiger partial charge on any atom is 0.254 e. The predicted octanol–water partition coefficient (Wildman–Crippen LogP) is 2.79. The molecule has 0 saturated carbocycles. The molecule has 3 N–H and O–H groups in total. The maximum absolute atomic E-state index is 12.3. The van der Waals surface area contributed by atoms with Gasteiger partial charge in [0.25, 0.3) is 5.91 Å². The molecule has 3 rings (SSSR count). The minimum atomic E-state index is -0.941. The normalized spacial score (nSPS) is 16.0. The van der Waals surface area contributed by atoms with Gasteiger partial charge in [0.15, 0.2) is 0 Å². The first-order chi connectivity index (χ1) is 12.9. The Morgan fingerprint density at radius 1 is 1.11 bits per heavy atom. The molecule has 6 nitrogen and oxygen atoms in total. The van der Waals surface area contributed by atoms with Gasteiger partial charge in [0.1, 0.15) is 6.04 Å². The van der Waals surface area contributed by atoms with Gasteiger partial charge in [-0.05, 0) is 36.2 Å². The molecule has 0 aromatic heterocycles. The van der Waals surface area contributed by atoms with Gasteiger partial charge < -0.3 is 16.0 Å². The zero-order valence-corrected chi connectivity index (χ0v) is 15.7. The number of carbonyl (C=O) groups excluding carboxylic acids is 3. The summed E-state index contributed by atoms with van der Waals surface area (Å²) in [6.45, 7) is 0.350. The van der Waals surface area contributed by atoms with Crippen LogP contribution in [0.1, 0.15) is 22.3 Å². The third-order valence-electron chi connectivity index (χ3n) is 4.17. The molecule has 0 spiro atoms. The van der Waals surface area contributed by atoms with E-state index < -0.39 is 17.9 Å². The summed E-state index contributed by atoms with van der Waals surface area (Å²) in [5.74, 6) is -1.16. The molecule has 0 unspecified atom stereocenters. The highest BCUT2D eigenvalue weighted by atomic mass is 35.5. The van der Waals surface area contributed by atoms with E-state index in [4.69, 9.17) is 23.2 Å². The first-order valence-electron chi connectivity index (χ1n) is 8.35. The van der Waals surface area contributed by atoms with Gasteiger partial charge in [-0.25, -0.2) is 0 Å². The second-order valence-corrected chi connectivity index (χ2v) is 6.94. The van der Waals surface area contributed by atoms with Gasteiger partial charge in [-0.2, -0.15) is 0 Å². The quantitative estimate of drug-likeness (QED) is 0.714. The van der Waals surface area contributed by atoms with Crippen molar-refractivity contribution in [2.45, 2.75) is 18.9 Å². The number of anilines is 1. The first kappa shape index (κ1) is 19.2. The molecule has 0 aliphatic carbocycles. The molecular formula is C19H17Cl2N3O3. The molecule has 0 bridgehead atoms. The summed E-state index contributed by atoms with van der Waals surface area (Å²) in [6, 6.07) is 10.9. The molecule has 0 saturated heterocycles. The van der Waals surface area contributed by atoms with Crippen LogP contribution in [-0.2, 0) is 16.0 Å². The van der Waals surface area contributed by atoms with Crippen LogP contribution in [0.5, 0.6) is 0 Å². The second kappa shape index (κ2) is 8.41. The highest BCUT2D eigenvalue weighted by molar-refractivity contribution is 6.35. The SMILES string of the molecule is O=C(C[C@H]1NC(=O)c2ccccc2NC1=O)NCCc1ccc(Cl)cc1Cl. The van der Waals surface area contributed by atoms with Crippen LogP contribution in [-0.4, -0.2) is 30.3 Å². The molecule has 27 heavy (non-hydrogen) atoms. The van der Waals surface area contributed by atoms with Gasteiger partial charge in [0.05, 0.1) is 17.7 Å². The van der Waals surface area contributed by atoms with Crippen molar-refractivity contribution in [3.05, 3.63) is 63.6 Å². The van der Waals surface area contributed by atoms with Crippen LogP contribution in [0.4, 0.5) is 5.69 Å². The molecule has 1 aliphatic rings. The fourth-order valence-electron chi connectivity index (χ4n) is 2.77. The summed E-state index contributed by atoms with van der Waals surface area (Å²) in [6.07, 6.45) is 0.371. The number of amides is 3. The Morgan fingerprint density at radius 2 is 1.89 bits per heavy atom. The average molecular weight is 406 g/mol. The van der Waals surface area contributed by atoms with E-state index in [1.807, 2.05) is 0 Å². The fourth-order valence-corrected chi connectivity index (χ4v) is 3.28. The van der Waals surface area contributed by atoms with Gasteiger partial charge >= 0.3 is 0 Å². The molecule has 8 heteroatoms. The van der Waals surface area contributed by atoms with Gasteiger partial charge in [-0.3, -0.25) is 14.4 Å². The largest absolute Gasteiger partial charge is 0.356 e. The number of fused-ring (bicyclic) bond motifs is 1. The van der Waals surface area contributed by atoms with Gasteiger partial charge in [-0.1, -0.05) is 41.4 Å². The Labute approximate surface area is 166 Å². The monoisotopic (exact) mass is 405 g/mol. The van der Waals surface area contributed by atoms with E-state index in [1.54, 1.807) is 42.5 Å². The molecule has 1 heterocycles. The molecule has 1 atom stereocenters. The fraction of sp³-hybridized carbons (Fsp3) is 0.211. The number of hydrogen-bond acceptors (Lipinski definition) is 3. The van der Waals surface area contributed by atoms with Crippen molar-refractivity contribution in [2.24, 2.45) is 0 Å². The molecule has 1 aliphatic heterocycles. The van der Waals surface area contributed by atoms with Gasteiger partial charge in [-0.15, -0.1) is 0 Å². The lowest BCUT2D eigenvalue weighted by atomic mass is 10.1. The standard InChI is InChI=1S/C19H17Cl2N3O3/c20-12-6-5-11(14(21)9-12)7-8-22-17(25)10-16-19(27)23-15-4-2-1-3-13(15)18(26)24-16/h1-6,9,16H,7-8,10H2,(H,22,25)(H,23,27)(H,24,26)/t16-/m1/s1. The van der Waals surface area contributed by atoms with E-state index in [-0.39, 0.29) is 12.3 Å². The van der Waals surface area contributed by atoms with Crippen molar-refractivity contribution in [3.8, 4) is 0 Å². The maximum atomic E-state index is 12.3. The highest BCUT2D eigenvalue weighted by Gasteiger charge is 2.29. The average Bonchev–Trinajstić information content (AvgIpc) is 2.74. The summed E-state index contributed by atoms with van der Waals surface area (Å²) in [7, 11) is 0. The topological polar surface area (TPSA) is 87.3 Å². The van der Waals surface area contributed by atoms with Crippen LogP contribution in [0.3, 0.4) is 0 Å². The third kappa shape index (κ3) is 4.78.